The molecule has 0 aromatic carbocycles. The van der Waals surface area contributed by atoms with Crippen molar-refractivity contribution in [1.29, 1.82) is 0 Å². The van der Waals surface area contributed by atoms with Gasteiger partial charge in [-0.1, -0.05) is 0 Å². The van der Waals surface area contributed by atoms with E-state index in [-0.39, 0.29) is 13.2 Å². The first-order chi connectivity index (χ1) is 4.16. The van der Waals surface area contributed by atoms with Gasteiger partial charge in [0.05, 0.1) is 6.10 Å². The lowest BCUT2D eigenvalue weighted by atomic mass is 10.4. The molecule has 0 saturated heterocycles. The predicted octanol–water partition coefficient (Wildman–Crippen LogP) is -0.305. The van der Waals surface area contributed by atoms with Gasteiger partial charge in [0.1, 0.15) is 6.61 Å². The number of hydrogen-bond acceptors (Lipinski definition) is 4. The minimum atomic E-state index is -1.60. The number of hydrogen-bond donors (Lipinski definition) is 2. The van der Waals surface area contributed by atoms with Crippen LogP contribution < -0.4 is 5.73 Å². The van der Waals surface area contributed by atoms with Crippen molar-refractivity contribution in [3.63, 3.8) is 0 Å². The maximum atomic E-state index is 10.2. The quantitative estimate of drug-likeness (QED) is 0.542. The first-order valence-electron chi connectivity index (χ1n) is 2.58. The first kappa shape index (κ1) is 8.98. The van der Waals surface area contributed by atoms with Gasteiger partial charge in [-0.3, -0.25) is 0 Å². The minimum absolute atomic E-state index is 0.0577. The Morgan fingerprint density at radius 3 is 2.78 bits per heavy atom. The Hall–Kier alpha value is -0.0200. The third kappa shape index (κ3) is 5.86. The summed E-state index contributed by atoms with van der Waals surface area (Å²) in [5.74, 6) is 0. The van der Waals surface area contributed by atoms with Crippen LogP contribution >= 0.6 is 8.03 Å². The summed E-state index contributed by atoms with van der Waals surface area (Å²) in [5, 5.41) is 8.73. The van der Waals surface area contributed by atoms with Gasteiger partial charge in [0, 0.05) is 6.54 Å². The van der Waals surface area contributed by atoms with E-state index >= 15 is 0 Å². The molecule has 0 aliphatic carbocycles. The topological polar surface area (TPSA) is 72.5 Å². The van der Waals surface area contributed by atoms with Crippen LogP contribution in [0.1, 0.15) is 0 Å². The molecular weight excluding hydrogens is 141 g/mol. The fraction of sp³-hybridized carbons (Fsp3) is 1.00. The van der Waals surface area contributed by atoms with Crippen molar-refractivity contribution in [1.82, 2.24) is 0 Å². The monoisotopic (exact) mass is 152 g/mol. The van der Waals surface area contributed by atoms with Crippen molar-refractivity contribution in [2.75, 3.05) is 19.8 Å². The molecule has 5 heteroatoms. The molecule has 0 aromatic heterocycles. The minimum Gasteiger partial charge on any atom is -0.389 e. The molecular formula is C4H11NO3P+. The molecule has 4 nitrogen and oxygen atoms in total. The van der Waals surface area contributed by atoms with Crippen LogP contribution in [0.4, 0.5) is 0 Å². The molecule has 0 radical (unpaired) electrons. The highest BCUT2D eigenvalue weighted by Crippen LogP contribution is 2.14. The lowest BCUT2D eigenvalue weighted by Crippen LogP contribution is -2.23. The largest absolute Gasteiger partial charge is 0.504 e. The number of aliphatic hydroxyl groups excluding tert-OH is 1. The fourth-order valence-electron chi connectivity index (χ4n) is 0.259. The van der Waals surface area contributed by atoms with Gasteiger partial charge in [0.2, 0.25) is 0 Å². The second-order valence-corrected chi connectivity index (χ2v) is 2.76. The molecule has 54 valence electrons. The van der Waals surface area contributed by atoms with Crippen LogP contribution in [0.3, 0.4) is 0 Å². The van der Waals surface area contributed by atoms with E-state index in [1.807, 2.05) is 0 Å². The lowest BCUT2D eigenvalue weighted by Gasteiger charge is -1.99. The van der Waals surface area contributed by atoms with E-state index in [1.165, 1.54) is 6.66 Å². The zero-order chi connectivity index (χ0) is 7.28. The van der Waals surface area contributed by atoms with E-state index in [9.17, 15) is 4.57 Å². The van der Waals surface area contributed by atoms with Gasteiger partial charge < -0.3 is 10.8 Å². The van der Waals surface area contributed by atoms with Crippen LogP contribution in [0.25, 0.3) is 0 Å². The van der Waals surface area contributed by atoms with E-state index in [1.54, 1.807) is 0 Å². The summed E-state index contributed by atoms with van der Waals surface area (Å²) >= 11 is 0. The highest BCUT2D eigenvalue weighted by Gasteiger charge is 2.10. The first-order valence-corrected chi connectivity index (χ1v) is 4.21. The molecule has 0 fully saturated rings. The van der Waals surface area contributed by atoms with Crippen molar-refractivity contribution >= 4 is 8.03 Å². The second kappa shape index (κ2) is 4.82. The molecule has 9 heavy (non-hydrogen) atoms. The van der Waals surface area contributed by atoms with Gasteiger partial charge >= 0.3 is 8.03 Å². The fourth-order valence-corrected chi connectivity index (χ4v) is 0.641. The summed E-state index contributed by atoms with van der Waals surface area (Å²) in [7, 11) is -1.60. The average Bonchev–Trinajstić information content (AvgIpc) is 1.83. The van der Waals surface area contributed by atoms with Crippen LogP contribution in [0.5, 0.6) is 0 Å². The Balaban J connectivity index is 3.16. The summed E-state index contributed by atoms with van der Waals surface area (Å²) in [6, 6.07) is 0. The summed E-state index contributed by atoms with van der Waals surface area (Å²) in [6.45, 7) is 1.63. The maximum absolute atomic E-state index is 10.2. The Bertz CT molecular complexity index is 97.8. The summed E-state index contributed by atoms with van der Waals surface area (Å²) in [4.78, 5) is 0. The highest BCUT2D eigenvalue weighted by molar-refractivity contribution is 7.38. The standard InChI is InChI=1S/C4H11NO3P/c1-9(7)8-3-4(6)2-5/h4,6H,2-3,5H2,1H3/q+1/t4-/m0/s1. The second-order valence-electron chi connectivity index (χ2n) is 1.62. The van der Waals surface area contributed by atoms with E-state index < -0.39 is 14.1 Å². The van der Waals surface area contributed by atoms with Gasteiger partial charge in [-0.05, 0) is 4.57 Å². The van der Waals surface area contributed by atoms with Gasteiger partial charge in [0.15, 0.2) is 6.66 Å². The zero-order valence-corrected chi connectivity index (χ0v) is 6.17. The van der Waals surface area contributed by atoms with E-state index in [2.05, 4.69) is 4.52 Å². The van der Waals surface area contributed by atoms with Crippen molar-refractivity contribution in [3.8, 4) is 0 Å². The van der Waals surface area contributed by atoms with Crippen LogP contribution in [-0.2, 0) is 9.09 Å². The van der Waals surface area contributed by atoms with E-state index in [0.29, 0.717) is 0 Å². The summed E-state index contributed by atoms with van der Waals surface area (Å²) < 4.78 is 14.8. The zero-order valence-electron chi connectivity index (χ0n) is 5.28. The van der Waals surface area contributed by atoms with Gasteiger partial charge in [0.25, 0.3) is 0 Å². The summed E-state index contributed by atoms with van der Waals surface area (Å²) in [6.07, 6.45) is -0.691. The Labute approximate surface area is 54.9 Å². The van der Waals surface area contributed by atoms with E-state index in [0.717, 1.165) is 0 Å². The molecule has 0 rings (SSSR count). The van der Waals surface area contributed by atoms with Crippen molar-refractivity contribution in [2.24, 2.45) is 5.73 Å². The highest BCUT2D eigenvalue weighted by atomic mass is 31.1. The van der Waals surface area contributed by atoms with Gasteiger partial charge in [-0.2, -0.15) is 0 Å². The Morgan fingerprint density at radius 2 is 2.44 bits per heavy atom. The molecule has 2 atom stereocenters. The lowest BCUT2D eigenvalue weighted by molar-refractivity contribution is 0.119. The number of nitrogens with two attached hydrogens (primary N) is 1. The molecule has 0 aromatic rings. The molecule has 0 saturated carbocycles. The smallest absolute Gasteiger partial charge is 0.389 e. The Kier molecular flexibility index (Phi) is 4.81. The third-order valence-electron chi connectivity index (χ3n) is 0.721. The van der Waals surface area contributed by atoms with Crippen molar-refractivity contribution in [3.05, 3.63) is 0 Å². The van der Waals surface area contributed by atoms with Gasteiger partial charge in [-0.25, -0.2) is 0 Å². The van der Waals surface area contributed by atoms with E-state index in [4.69, 9.17) is 10.8 Å². The van der Waals surface area contributed by atoms with Crippen LogP contribution in [0, 0.1) is 0 Å². The molecule has 0 spiro atoms. The molecule has 0 amide bonds. The Morgan fingerprint density at radius 1 is 1.89 bits per heavy atom. The van der Waals surface area contributed by atoms with Crippen LogP contribution in [-0.4, -0.2) is 31.0 Å². The molecule has 0 heterocycles. The molecule has 0 aliphatic heterocycles. The SMILES string of the molecule is C[P+](=O)OC[C@@H](O)CN. The molecule has 0 aliphatic rings. The summed E-state index contributed by atoms with van der Waals surface area (Å²) in [5.41, 5.74) is 5.03. The van der Waals surface area contributed by atoms with Gasteiger partial charge in [-0.15, -0.1) is 4.52 Å². The third-order valence-corrected chi connectivity index (χ3v) is 1.23. The van der Waals surface area contributed by atoms with Crippen LogP contribution in [0.15, 0.2) is 0 Å². The van der Waals surface area contributed by atoms with Crippen molar-refractivity contribution < 1.29 is 14.2 Å². The maximum Gasteiger partial charge on any atom is 0.504 e. The normalized spacial score (nSPS) is 15.2. The molecule has 3 N–H and O–H groups in total. The predicted molar refractivity (Wildman–Crippen MR) is 34.5 cm³/mol. The van der Waals surface area contributed by atoms with Crippen LogP contribution in [0.2, 0.25) is 0 Å². The molecule has 0 bridgehead atoms. The number of aliphatic hydroxyl groups is 1. The average molecular weight is 152 g/mol. The number of rotatable bonds is 4. The molecule has 1 unspecified atom stereocenters. The van der Waals surface area contributed by atoms with Crippen molar-refractivity contribution in [2.45, 2.75) is 6.10 Å².